The fraction of sp³-hybridized carbons (Fsp3) is 0.312. The number of carbonyl (C=O) groups is 1. The number of phenols is 1. The SMILES string of the molecule is COCCOCCN(Cc1ccc(Cl)cc1)C(=O)c1c[nH]c2ccc(CN(C)CC(O)c3ccc(O)cc3)cc2c1=O. The first kappa shape index (κ1) is 31.2. The van der Waals surface area contributed by atoms with Crippen LogP contribution >= 0.6 is 11.6 Å². The van der Waals surface area contributed by atoms with Crippen molar-refractivity contribution in [1.29, 1.82) is 0 Å². The molecule has 0 saturated carbocycles. The van der Waals surface area contributed by atoms with Gasteiger partial charge in [-0.25, -0.2) is 0 Å². The number of H-pyrrole nitrogens is 1. The van der Waals surface area contributed by atoms with E-state index in [9.17, 15) is 19.8 Å². The summed E-state index contributed by atoms with van der Waals surface area (Å²) in [7, 11) is 3.47. The zero-order chi connectivity index (χ0) is 30.1. The molecule has 3 N–H and O–H groups in total. The number of phenolic OH excluding ortho intramolecular Hbond substituents is 1. The third-order valence-electron chi connectivity index (χ3n) is 6.90. The molecule has 0 fully saturated rings. The predicted octanol–water partition coefficient (Wildman–Crippen LogP) is 4.36. The number of pyridine rings is 1. The number of halogens is 1. The molecule has 3 aromatic carbocycles. The van der Waals surface area contributed by atoms with E-state index in [1.807, 2.05) is 36.2 Å². The maximum absolute atomic E-state index is 13.7. The molecule has 9 nitrogen and oxygen atoms in total. The zero-order valence-electron chi connectivity index (χ0n) is 23.8. The predicted molar refractivity (Wildman–Crippen MR) is 163 cm³/mol. The van der Waals surface area contributed by atoms with E-state index in [1.54, 1.807) is 42.3 Å². The van der Waals surface area contributed by atoms with Gasteiger partial charge in [0.15, 0.2) is 0 Å². The summed E-state index contributed by atoms with van der Waals surface area (Å²) in [5.74, 6) is -0.259. The number of carbonyl (C=O) groups excluding carboxylic acids is 1. The molecule has 0 bridgehead atoms. The lowest BCUT2D eigenvalue weighted by atomic mass is 10.1. The minimum atomic E-state index is -0.742. The summed E-state index contributed by atoms with van der Waals surface area (Å²) in [5, 5.41) is 21.1. The summed E-state index contributed by atoms with van der Waals surface area (Å²) in [6.45, 7) is 2.54. The molecule has 1 unspecified atom stereocenters. The van der Waals surface area contributed by atoms with Crippen molar-refractivity contribution < 1.29 is 24.5 Å². The van der Waals surface area contributed by atoms with Crippen molar-refractivity contribution in [3.63, 3.8) is 0 Å². The summed E-state index contributed by atoms with van der Waals surface area (Å²) in [5.41, 5.74) is 2.75. The van der Waals surface area contributed by atoms with Crippen LogP contribution in [0, 0.1) is 0 Å². The number of benzene rings is 3. The number of aromatic amines is 1. The van der Waals surface area contributed by atoms with Gasteiger partial charge in [0.2, 0.25) is 5.43 Å². The molecule has 0 aliphatic carbocycles. The number of likely N-dealkylation sites (N-methyl/N-ethyl adjacent to an activating group) is 1. The average Bonchev–Trinajstić information content (AvgIpc) is 2.98. The van der Waals surface area contributed by atoms with Gasteiger partial charge in [0.1, 0.15) is 11.3 Å². The fourth-order valence-corrected chi connectivity index (χ4v) is 4.77. The molecule has 42 heavy (non-hydrogen) atoms. The maximum Gasteiger partial charge on any atom is 0.259 e. The van der Waals surface area contributed by atoms with Gasteiger partial charge in [-0.3, -0.25) is 14.5 Å². The number of aliphatic hydroxyl groups excluding tert-OH is 1. The molecule has 1 heterocycles. The van der Waals surface area contributed by atoms with Gasteiger partial charge in [0, 0.05) is 55.4 Å². The summed E-state index contributed by atoms with van der Waals surface area (Å²) in [4.78, 5) is 33.9. The number of rotatable bonds is 14. The van der Waals surface area contributed by atoms with Crippen molar-refractivity contribution in [3.8, 4) is 5.75 Å². The van der Waals surface area contributed by atoms with Crippen molar-refractivity contribution in [2.24, 2.45) is 0 Å². The van der Waals surface area contributed by atoms with Crippen LogP contribution in [0.2, 0.25) is 5.02 Å². The van der Waals surface area contributed by atoms with Gasteiger partial charge < -0.3 is 29.6 Å². The number of nitrogens with zero attached hydrogens (tertiary/aromatic N) is 2. The third-order valence-corrected chi connectivity index (χ3v) is 7.15. The molecule has 0 spiro atoms. The lowest BCUT2D eigenvalue weighted by molar-refractivity contribution is 0.0476. The first-order valence-electron chi connectivity index (χ1n) is 13.7. The van der Waals surface area contributed by atoms with Crippen LogP contribution in [0.25, 0.3) is 10.9 Å². The molecule has 0 aliphatic rings. The Morgan fingerprint density at radius 3 is 2.40 bits per heavy atom. The van der Waals surface area contributed by atoms with Crippen molar-refractivity contribution in [1.82, 2.24) is 14.8 Å². The number of hydrogen-bond donors (Lipinski definition) is 3. The van der Waals surface area contributed by atoms with Crippen molar-refractivity contribution in [2.45, 2.75) is 19.2 Å². The Balaban J connectivity index is 1.52. The van der Waals surface area contributed by atoms with E-state index in [-0.39, 0.29) is 29.8 Å². The van der Waals surface area contributed by atoms with E-state index in [0.717, 1.165) is 11.1 Å². The normalized spacial score (nSPS) is 12.1. The highest BCUT2D eigenvalue weighted by Crippen LogP contribution is 2.20. The van der Waals surface area contributed by atoms with Crippen LogP contribution in [-0.2, 0) is 22.6 Å². The van der Waals surface area contributed by atoms with Crippen LogP contribution in [0.1, 0.15) is 33.2 Å². The number of fused-ring (bicyclic) bond motifs is 1. The lowest BCUT2D eigenvalue weighted by Crippen LogP contribution is -2.36. The van der Waals surface area contributed by atoms with E-state index in [2.05, 4.69) is 4.98 Å². The molecular weight excluding hydrogens is 558 g/mol. The van der Waals surface area contributed by atoms with Gasteiger partial charge in [-0.2, -0.15) is 0 Å². The lowest BCUT2D eigenvalue weighted by Gasteiger charge is -2.23. The van der Waals surface area contributed by atoms with Gasteiger partial charge in [-0.05, 0) is 60.1 Å². The number of amides is 1. The number of methoxy groups -OCH3 is 1. The van der Waals surface area contributed by atoms with Gasteiger partial charge >= 0.3 is 0 Å². The molecule has 1 atom stereocenters. The third kappa shape index (κ3) is 8.40. The fourth-order valence-electron chi connectivity index (χ4n) is 4.65. The second-order valence-corrected chi connectivity index (χ2v) is 10.6. The zero-order valence-corrected chi connectivity index (χ0v) is 24.5. The topological polar surface area (TPSA) is 115 Å². The molecule has 4 rings (SSSR count). The molecule has 1 aromatic heterocycles. The number of aromatic hydroxyl groups is 1. The van der Waals surface area contributed by atoms with Crippen molar-refractivity contribution in [3.05, 3.63) is 110 Å². The molecule has 4 aromatic rings. The molecule has 0 radical (unpaired) electrons. The van der Waals surface area contributed by atoms with Crippen LogP contribution in [0.5, 0.6) is 5.75 Å². The van der Waals surface area contributed by atoms with Crippen LogP contribution in [-0.4, -0.2) is 78.0 Å². The highest BCUT2D eigenvalue weighted by molar-refractivity contribution is 6.30. The van der Waals surface area contributed by atoms with Crippen LogP contribution in [0.3, 0.4) is 0 Å². The molecule has 1 amide bonds. The summed E-state index contributed by atoms with van der Waals surface area (Å²) in [6.07, 6.45) is 0.724. The van der Waals surface area contributed by atoms with Crippen molar-refractivity contribution >= 4 is 28.4 Å². The smallest absolute Gasteiger partial charge is 0.259 e. The summed E-state index contributed by atoms with van der Waals surface area (Å²) in [6, 6.07) is 19.2. The first-order chi connectivity index (χ1) is 20.2. The van der Waals surface area contributed by atoms with E-state index >= 15 is 0 Å². The van der Waals surface area contributed by atoms with Crippen LogP contribution in [0.15, 0.2) is 77.7 Å². The first-order valence-corrected chi connectivity index (χ1v) is 14.0. The number of nitrogens with one attached hydrogen (secondary N) is 1. The monoisotopic (exact) mass is 593 g/mol. The average molecular weight is 594 g/mol. The maximum atomic E-state index is 13.7. The van der Waals surface area contributed by atoms with Gasteiger partial charge in [0.25, 0.3) is 5.91 Å². The highest BCUT2D eigenvalue weighted by atomic mass is 35.5. The Labute approximate surface area is 249 Å². The van der Waals surface area contributed by atoms with Gasteiger partial charge in [0.05, 0.1) is 25.9 Å². The van der Waals surface area contributed by atoms with Crippen LogP contribution < -0.4 is 5.43 Å². The molecule has 0 aliphatic heterocycles. The Bertz CT molecular complexity index is 1520. The van der Waals surface area contributed by atoms with Crippen LogP contribution in [0.4, 0.5) is 0 Å². The van der Waals surface area contributed by atoms with E-state index in [4.69, 9.17) is 21.1 Å². The van der Waals surface area contributed by atoms with E-state index in [0.29, 0.717) is 54.4 Å². The second kappa shape index (κ2) is 14.9. The second-order valence-electron chi connectivity index (χ2n) is 10.2. The van der Waals surface area contributed by atoms with Gasteiger partial charge in [-0.1, -0.05) is 41.9 Å². The Morgan fingerprint density at radius 2 is 1.69 bits per heavy atom. The minimum Gasteiger partial charge on any atom is -0.508 e. The quantitative estimate of drug-likeness (QED) is 0.186. The Hall–Kier alpha value is -3.73. The Kier molecular flexibility index (Phi) is 11.1. The number of aromatic nitrogens is 1. The summed E-state index contributed by atoms with van der Waals surface area (Å²) >= 11 is 6.04. The molecule has 222 valence electrons. The number of aliphatic hydroxyl groups is 1. The molecule has 0 saturated heterocycles. The standard InChI is InChI=1S/C32H36ClN3O6/c1-35(21-30(38)24-6-10-26(37)11-7-24)19-23-5-12-29-27(17-23)31(39)28(18-34-29)32(40)36(13-14-42-16-15-41-2)20-22-3-8-25(33)9-4-22/h3-12,17-18,30,37-38H,13-16,19-21H2,1-2H3,(H,34,39). The van der Waals surface area contributed by atoms with Gasteiger partial charge in [-0.15, -0.1) is 0 Å². The summed E-state index contributed by atoms with van der Waals surface area (Å²) < 4.78 is 10.6. The van der Waals surface area contributed by atoms with E-state index in [1.165, 1.54) is 18.3 Å². The molecular formula is C32H36ClN3O6. The number of hydrogen-bond acceptors (Lipinski definition) is 7. The van der Waals surface area contributed by atoms with E-state index < -0.39 is 12.0 Å². The number of ether oxygens (including phenoxy) is 2. The largest absolute Gasteiger partial charge is 0.508 e. The molecule has 10 heteroatoms. The minimum absolute atomic E-state index is 0.0432. The highest BCUT2D eigenvalue weighted by Gasteiger charge is 2.21. The van der Waals surface area contributed by atoms with Crippen molar-refractivity contribution in [2.75, 3.05) is 47.1 Å². The Morgan fingerprint density at radius 1 is 0.976 bits per heavy atom.